The topological polar surface area (TPSA) is 37.3 Å². The Morgan fingerprint density at radius 1 is 1.38 bits per heavy atom. The Morgan fingerprint density at radius 2 is 2.00 bits per heavy atom. The number of hydrogen-bond donors (Lipinski definition) is 1. The summed E-state index contributed by atoms with van der Waals surface area (Å²) in [5.74, 6) is -0.809. The Kier molecular flexibility index (Phi) is 4.05. The van der Waals surface area contributed by atoms with E-state index in [1.54, 1.807) is 0 Å². The first kappa shape index (κ1) is 12.7. The van der Waals surface area contributed by atoms with Gasteiger partial charge < -0.3 is 5.11 Å². The molecule has 0 aliphatic carbocycles. The van der Waals surface area contributed by atoms with Crippen molar-refractivity contribution in [1.82, 2.24) is 0 Å². The second-order valence-corrected chi connectivity index (χ2v) is 4.61. The van der Waals surface area contributed by atoms with Crippen LogP contribution in [-0.4, -0.2) is 16.7 Å². The minimum atomic E-state index is -1.23. The number of halogens is 1. The lowest BCUT2D eigenvalue weighted by Crippen LogP contribution is -2.15. The van der Waals surface area contributed by atoms with Crippen LogP contribution in [0.4, 0.5) is 4.39 Å². The van der Waals surface area contributed by atoms with Crippen molar-refractivity contribution in [1.29, 1.82) is 0 Å². The van der Waals surface area contributed by atoms with Crippen LogP contribution in [0.5, 0.6) is 0 Å². The van der Waals surface area contributed by atoms with Crippen LogP contribution in [-0.2, 0) is 17.6 Å². The second-order valence-electron chi connectivity index (χ2n) is 4.61. The molecule has 0 heterocycles. The molecule has 3 heteroatoms. The normalized spacial score (nSPS) is 11.4. The summed E-state index contributed by atoms with van der Waals surface area (Å²) in [7, 11) is 0. The van der Waals surface area contributed by atoms with Gasteiger partial charge in [0.15, 0.2) is 0 Å². The molecular formula is C13H17FO2. The number of carboxylic acids is 1. The molecule has 1 N–H and O–H groups in total. The van der Waals surface area contributed by atoms with Crippen LogP contribution >= 0.6 is 0 Å². The van der Waals surface area contributed by atoms with Gasteiger partial charge in [0.2, 0.25) is 0 Å². The summed E-state index contributed by atoms with van der Waals surface area (Å²) in [5, 5.41) is 8.57. The largest absolute Gasteiger partial charge is 0.481 e. The van der Waals surface area contributed by atoms with Crippen LogP contribution in [0.2, 0.25) is 0 Å². The molecule has 0 fully saturated rings. The van der Waals surface area contributed by atoms with Crippen molar-refractivity contribution in [2.24, 2.45) is 0 Å². The molecule has 0 amide bonds. The molecule has 16 heavy (non-hydrogen) atoms. The summed E-state index contributed by atoms with van der Waals surface area (Å²) < 4.78 is 13.4. The first-order valence-corrected chi connectivity index (χ1v) is 5.35. The van der Waals surface area contributed by atoms with E-state index in [1.807, 2.05) is 24.3 Å². The van der Waals surface area contributed by atoms with Crippen molar-refractivity contribution in [3.63, 3.8) is 0 Å². The van der Waals surface area contributed by atoms with Gasteiger partial charge >= 0.3 is 5.97 Å². The summed E-state index contributed by atoms with van der Waals surface area (Å²) in [4.78, 5) is 10.4. The van der Waals surface area contributed by atoms with Crippen LogP contribution in [0.15, 0.2) is 24.3 Å². The molecule has 1 rings (SSSR count). The van der Waals surface area contributed by atoms with Gasteiger partial charge in [0, 0.05) is 12.8 Å². The molecule has 2 nitrogen and oxygen atoms in total. The fraction of sp³-hybridized carbons (Fsp3) is 0.462. The molecule has 0 atom stereocenters. The summed E-state index contributed by atoms with van der Waals surface area (Å²) in [6, 6.07) is 7.46. The number of carboxylic acid groups (broad SMARTS) is 1. The molecule has 1 aromatic rings. The molecule has 0 spiro atoms. The van der Waals surface area contributed by atoms with E-state index in [2.05, 4.69) is 0 Å². The van der Waals surface area contributed by atoms with E-state index < -0.39 is 11.6 Å². The molecule has 0 aliphatic rings. The average molecular weight is 224 g/mol. The minimum absolute atomic E-state index is 0.114. The summed E-state index contributed by atoms with van der Waals surface area (Å²) in [5.41, 5.74) is 0.630. The smallest absolute Gasteiger partial charge is 0.303 e. The molecule has 0 saturated carbocycles. The quantitative estimate of drug-likeness (QED) is 0.834. The fourth-order valence-electron chi connectivity index (χ4n) is 1.63. The van der Waals surface area contributed by atoms with Crippen molar-refractivity contribution >= 4 is 5.97 Å². The van der Waals surface area contributed by atoms with Crippen LogP contribution < -0.4 is 0 Å². The lowest BCUT2D eigenvalue weighted by Gasteiger charge is -2.14. The van der Waals surface area contributed by atoms with Crippen LogP contribution in [0.3, 0.4) is 0 Å². The van der Waals surface area contributed by atoms with E-state index in [9.17, 15) is 9.18 Å². The van der Waals surface area contributed by atoms with Gasteiger partial charge in [-0.25, -0.2) is 4.39 Å². The number of benzene rings is 1. The highest BCUT2D eigenvalue weighted by atomic mass is 19.1. The Labute approximate surface area is 95.1 Å². The third-order valence-corrected chi connectivity index (χ3v) is 2.24. The first-order valence-electron chi connectivity index (χ1n) is 5.35. The van der Waals surface area contributed by atoms with Crippen LogP contribution in [0, 0.1) is 0 Å². The molecule has 88 valence electrons. The monoisotopic (exact) mass is 224 g/mol. The van der Waals surface area contributed by atoms with E-state index in [-0.39, 0.29) is 6.42 Å². The zero-order chi connectivity index (χ0) is 12.2. The second kappa shape index (κ2) is 5.10. The maximum atomic E-state index is 13.4. The molecule has 0 unspecified atom stereocenters. The predicted molar refractivity (Wildman–Crippen MR) is 61.3 cm³/mol. The molecule has 0 saturated heterocycles. The highest BCUT2D eigenvalue weighted by Crippen LogP contribution is 2.18. The molecule has 0 aromatic heterocycles. The zero-order valence-electron chi connectivity index (χ0n) is 9.66. The summed E-state index contributed by atoms with van der Waals surface area (Å²) >= 11 is 0. The number of alkyl halides is 1. The lowest BCUT2D eigenvalue weighted by molar-refractivity contribution is -0.136. The van der Waals surface area contributed by atoms with Gasteiger partial charge in [0.1, 0.15) is 5.67 Å². The molecular weight excluding hydrogens is 207 g/mol. The van der Waals surface area contributed by atoms with E-state index >= 15 is 0 Å². The van der Waals surface area contributed by atoms with E-state index in [0.717, 1.165) is 11.1 Å². The number of rotatable bonds is 5. The van der Waals surface area contributed by atoms with E-state index in [4.69, 9.17) is 5.11 Å². The van der Waals surface area contributed by atoms with Crippen molar-refractivity contribution < 1.29 is 14.3 Å². The van der Waals surface area contributed by atoms with Gasteiger partial charge in [-0.2, -0.15) is 0 Å². The maximum absolute atomic E-state index is 13.4. The van der Waals surface area contributed by atoms with Gasteiger partial charge in [-0.05, 0) is 31.4 Å². The number of hydrogen-bond acceptors (Lipinski definition) is 1. The van der Waals surface area contributed by atoms with Gasteiger partial charge in [0.25, 0.3) is 0 Å². The Bertz CT molecular complexity index is 366. The number of aliphatic carboxylic acids is 1. The van der Waals surface area contributed by atoms with Gasteiger partial charge in [-0.15, -0.1) is 0 Å². The molecule has 0 aliphatic heterocycles. The average Bonchev–Trinajstić information content (AvgIpc) is 2.12. The van der Waals surface area contributed by atoms with Crippen molar-refractivity contribution in [3.8, 4) is 0 Å². The third kappa shape index (κ3) is 4.91. The SMILES string of the molecule is CC(C)(F)Cc1cccc(CCC(=O)O)c1. The van der Waals surface area contributed by atoms with Crippen LogP contribution in [0.1, 0.15) is 31.4 Å². The first-order chi connectivity index (χ1) is 7.37. The Hall–Kier alpha value is -1.38. The Balaban J connectivity index is 2.67. The highest BCUT2D eigenvalue weighted by molar-refractivity contribution is 5.67. The summed E-state index contributed by atoms with van der Waals surface area (Å²) in [6.45, 7) is 3.08. The molecule has 0 bridgehead atoms. The standard InChI is InChI=1S/C13H17FO2/c1-13(2,14)9-11-5-3-4-10(8-11)6-7-12(15)16/h3-5,8H,6-7,9H2,1-2H3,(H,15,16). The van der Waals surface area contributed by atoms with Crippen molar-refractivity contribution in [3.05, 3.63) is 35.4 Å². The molecule has 1 aromatic carbocycles. The van der Waals surface area contributed by atoms with E-state index in [0.29, 0.717) is 12.8 Å². The van der Waals surface area contributed by atoms with Crippen LogP contribution in [0.25, 0.3) is 0 Å². The van der Waals surface area contributed by atoms with Gasteiger partial charge in [0.05, 0.1) is 0 Å². The Morgan fingerprint density at radius 3 is 2.56 bits per heavy atom. The number of aryl methyl sites for hydroxylation is 1. The predicted octanol–water partition coefficient (Wildman–Crippen LogP) is 2.99. The minimum Gasteiger partial charge on any atom is -0.481 e. The fourth-order valence-corrected chi connectivity index (χ4v) is 1.63. The molecule has 0 radical (unpaired) electrons. The van der Waals surface area contributed by atoms with Crippen molar-refractivity contribution in [2.45, 2.75) is 38.8 Å². The third-order valence-electron chi connectivity index (χ3n) is 2.24. The number of carbonyl (C=O) groups is 1. The lowest BCUT2D eigenvalue weighted by atomic mass is 9.97. The maximum Gasteiger partial charge on any atom is 0.303 e. The van der Waals surface area contributed by atoms with Gasteiger partial charge in [-0.3, -0.25) is 4.79 Å². The highest BCUT2D eigenvalue weighted by Gasteiger charge is 2.16. The van der Waals surface area contributed by atoms with Gasteiger partial charge in [-0.1, -0.05) is 24.3 Å². The summed E-state index contributed by atoms with van der Waals surface area (Å²) in [6.07, 6.45) is 0.965. The van der Waals surface area contributed by atoms with Crippen molar-refractivity contribution in [2.75, 3.05) is 0 Å². The zero-order valence-corrected chi connectivity index (χ0v) is 9.66. The van der Waals surface area contributed by atoms with E-state index in [1.165, 1.54) is 13.8 Å².